The summed E-state index contributed by atoms with van der Waals surface area (Å²) in [5, 5.41) is 21.0. The topological polar surface area (TPSA) is 95.3 Å². The fourth-order valence-electron chi connectivity index (χ4n) is 3.53. The van der Waals surface area contributed by atoms with Gasteiger partial charge in [-0.1, -0.05) is 30.3 Å². The molecule has 1 aliphatic heterocycles. The molecule has 7 nitrogen and oxygen atoms in total. The standard InChI is InChI=1S/C18H17F3N4O3/c1-9-7-25(16(26)14-10-5-3-4-6-11(10)22-23-14)8-12-13(9)15(24-28-12)17(2,27)18(19,20)21/h3-6,9,27H,7-8H2,1-2H3,(H,22,23)/t9-,17?/m0/s1. The molecule has 148 valence electrons. The number of hydrogen-bond acceptors (Lipinski definition) is 5. The number of carbonyl (C=O) groups excluding carboxylic acids is 1. The Morgan fingerprint density at radius 1 is 1.36 bits per heavy atom. The minimum atomic E-state index is -4.90. The van der Waals surface area contributed by atoms with Crippen molar-refractivity contribution in [3.05, 3.63) is 47.0 Å². The fraction of sp³-hybridized carbons (Fsp3) is 0.389. The minimum Gasteiger partial charge on any atom is -0.375 e. The van der Waals surface area contributed by atoms with Crippen molar-refractivity contribution in [1.29, 1.82) is 0 Å². The molecule has 3 aromatic rings. The van der Waals surface area contributed by atoms with Gasteiger partial charge < -0.3 is 14.5 Å². The summed E-state index contributed by atoms with van der Waals surface area (Å²) >= 11 is 0. The molecule has 0 aliphatic carbocycles. The van der Waals surface area contributed by atoms with Crippen LogP contribution < -0.4 is 0 Å². The summed E-state index contributed by atoms with van der Waals surface area (Å²) in [6.07, 6.45) is -4.90. The maximum Gasteiger partial charge on any atom is 0.422 e. The second-order valence-electron chi connectivity index (χ2n) is 7.14. The van der Waals surface area contributed by atoms with Gasteiger partial charge in [-0.05, 0) is 13.0 Å². The maximum absolute atomic E-state index is 13.2. The number of benzene rings is 1. The van der Waals surface area contributed by atoms with Crippen molar-refractivity contribution in [1.82, 2.24) is 20.3 Å². The van der Waals surface area contributed by atoms with Gasteiger partial charge in [-0.2, -0.15) is 18.3 Å². The minimum absolute atomic E-state index is 0.0549. The average Bonchev–Trinajstić information content (AvgIpc) is 3.24. The number of carbonyl (C=O) groups is 1. The third-order valence-corrected chi connectivity index (χ3v) is 5.10. The number of amides is 1. The number of nitrogens with one attached hydrogen (secondary N) is 1. The van der Waals surface area contributed by atoms with E-state index in [2.05, 4.69) is 15.4 Å². The summed E-state index contributed by atoms with van der Waals surface area (Å²) in [6, 6.07) is 7.15. The molecule has 2 N–H and O–H groups in total. The van der Waals surface area contributed by atoms with Crippen LogP contribution in [-0.2, 0) is 12.1 Å². The van der Waals surface area contributed by atoms with Crippen LogP contribution in [0.4, 0.5) is 13.2 Å². The number of nitrogens with zero attached hydrogens (tertiary/aromatic N) is 3. The summed E-state index contributed by atoms with van der Waals surface area (Å²) in [7, 11) is 0. The predicted octanol–water partition coefficient (Wildman–Crippen LogP) is 3.08. The molecule has 3 heterocycles. The third kappa shape index (κ3) is 2.67. The number of H-pyrrole nitrogens is 1. The molecule has 0 saturated carbocycles. The van der Waals surface area contributed by atoms with Crippen molar-refractivity contribution in [2.45, 2.75) is 38.1 Å². The largest absolute Gasteiger partial charge is 0.422 e. The van der Waals surface area contributed by atoms with Crippen LogP contribution in [0.5, 0.6) is 0 Å². The molecule has 0 saturated heterocycles. The second kappa shape index (κ2) is 6.06. The van der Waals surface area contributed by atoms with E-state index in [0.29, 0.717) is 17.8 Å². The Kier molecular flexibility index (Phi) is 4.00. The smallest absolute Gasteiger partial charge is 0.375 e. The van der Waals surface area contributed by atoms with Crippen LogP contribution in [0.15, 0.2) is 28.8 Å². The van der Waals surface area contributed by atoms with Crippen molar-refractivity contribution in [3.63, 3.8) is 0 Å². The molecule has 0 fully saturated rings. The Morgan fingerprint density at radius 3 is 2.79 bits per heavy atom. The quantitative estimate of drug-likeness (QED) is 0.697. The molecule has 10 heteroatoms. The third-order valence-electron chi connectivity index (χ3n) is 5.10. The monoisotopic (exact) mass is 394 g/mol. The van der Waals surface area contributed by atoms with E-state index in [4.69, 9.17) is 4.52 Å². The number of aromatic amines is 1. The fourth-order valence-corrected chi connectivity index (χ4v) is 3.53. The van der Waals surface area contributed by atoms with Crippen LogP contribution >= 0.6 is 0 Å². The van der Waals surface area contributed by atoms with Gasteiger partial charge in [-0.25, -0.2) is 0 Å². The van der Waals surface area contributed by atoms with E-state index in [0.717, 1.165) is 0 Å². The molecule has 2 atom stereocenters. The normalized spacial score (nSPS) is 19.5. The number of aromatic nitrogens is 3. The predicted molar refractivity (Wildman–Crippen MR) is 91.4 cm³/mol. The SMILES string of the molecule is C[C@H]1CN(C(=O)c2n[nH]c3ccccc23)Cc2onc(C(C)(O)C(F)(F)F)c21. The van der Waals surface area contributed by atoms with Crippen LogP contribution in [0, 0.1) is 0 Å². The summed E-state index contributed by atoms with van der Waals surface area (Å²) in [6.45, 7) is 2.40. The zero-order chi connectivity index (χ0) is 20.3. The lowest BCUT2D eigenvalue weighted by atomic mass is 9.87. The second-order valence-corrected chi connectivity index (χ2v) is 7.14. The number of para-hydroxylation sites is 1. The maximum atomic E-state index is 13.2. The number of aliphatic hydroxyl groups is 1. The Bertz CT molecular complexity index is 1050. The van der Waals surface area contributed by atoms with Crippen LogP contribution in [0.2, 0.25) is 0 Å². The van der Waals surface area contributed by atoms with Crippen molar-refractivity contribution in [2.24, 2.45) is 0 Å². The van der Waals surface area contributed by atoms with E-state index >= 15 is 0 Å². The Morgan fingerprint density at radius 2 is 2.07 bits per heavy atom. The summed E-state index contributed by atoms with van der Waals surface area (Å²) in [5.41, 5.74) is -2.56. The molecular formula is C18H17F3N4O3. The highest BCUT2D eigenvalue weighted by atomic mass is 19.4. The number of rotatable bonds is 2. The van der Waals surface area contributed by atoms with Crippen LogP contribution in [0.25, 0.3) is 10.9 Å². The zero-order valence-electron chi connectivity index (χ0n) is 15.0. The zero-order valence-corrected chi connectivity index (χ0v) is 15.0. The molecule has 1 amide bonds. The molecule has 0 radical (unpaired) electrons. The van der Waals surface area contributed by atoms with Crippen molar-refractivity contribution in [2.75, 3.05) is 6.54 Å². The molecular weight excluding hydrogens is 377 g/mol. The molecule has 2 aromatic heterocycles. The number of hydrogen-bond donors (Lipinski definition) is 2. The molecule has 0 bridgehead atoms. The van der Waals surface area contributed by atoms with Crippen LogP contribution in [0.1, 0.15) is 47.3 Å². The van der Waals surface area contributed by atoms with Gasteiger partial charge in [0.25, 0.3) is 5.91 Å². The highest BCUT2D eigenvalue weighted by Crippen LogP contribution is 2.43. The van der Waals surface area contributed by atoms with Crippen molar-refractivity contribution >= 4 is 16.8 Å². The van der Waals surface area contributed by atoms with Gasteiger partial charge in [0.1, 0.15) is 5.69 Å². The molecule has 4 rings (SSSR count). The first-order valence-corrected chi connectivity index (χ1v) is 8.61. The number of alkyl halides is 3. The van der Waals surface area contributed by atoms with Crippen molar-refractivity contribution in [3.8, 4) is 0 Å². The van der Waals surface area contributed by atoms with E-state index in [9.17, 15) is 23.1 Å². The lowest BCUT2D eigenvalue weighted by molar-refractivity contribution is -0.261. The van der Waals surface area contributed by atoms with Crippen molar-refractivity contribution < 1.29 is 27.6 Å². The summed E-state index contributed by atoms with van der Waals surface area (Å²) in [5.74, 6) is -0.741. The molecule has 0 spiro atoms. The first kappa shape index (κ1) is 18.5. The van der Waals surface area contributed by atoms with Gasteiger partial charge in [0.2, 0.25) is 5.60 Å². The van der Waals surface area contributed by atoms with Gasteiger partial charge in [0, 0.05) is 23.4 Å². The summed E-state index contributed by atoms with van der Waals surface area (Å²) < 4.78 is 44.8. The first-order chi connectivity index (χ1) is 13.1. The van der Waals surface area contributed by atoms with E-state index in [1.165, 1.54) is 4.90 Å². The van der Waals surface area contributed by atoms with Crippen LogP contribution in [0.3, 0.4) is 0 Å². The molecule has 28 heavy (non-hydrogen) atoms. The van der Waals surface area contributed by atoms with Crippen LogP contribution in [-0.4, -0.2) is 44.0 Å². The molecule has 1 aliphatic rings. The van der Waals surface area contributed by atoms with Gasteiger partial charge >= 0.3 is 6.18 Å². The molecule has 1 aromatic carbocycles. The summed E-state index contributed by atoms with van der Waals surface area (Å²) in [4.78, 5) is 14.4. The highest BCUT2D eigenvalue weighted by Gasteiger charge is 2.55. The van der Waals surface area contributed by atoms with Gasteiger partial charge in [0.05, 0.1) is 12.1 Å². The van der Waals surface area contributed by atoms with E-state index < -0.39 is 23.4 Å². The molecule has 1 unspecified atom stereocenters. The Hall–Kier alpha value is -2.88. The number of fused-ring (bicyclic) bond motifs is 2. The Labute approximate surface area is 157 Å². The lowest BCUT2D eigenvalue weighted by Gasteiger charge is -2.32. The van der Waals surface area contributed by atoms with Gasteiger partial charge in [-0.3, -0.25) is 9.89 Å². The van der Waals surface area contributed by atoms with Gasteiger partial charge in [-0.15, -0.1) is 0 Å². The Balaban J connectivity index is 1.67. The lowest BCUT2D eigenvalue weighted by Crippen LogP contribution is -2.42. The van der Waals surface area contributed by atoms with E-state index in [1.807, 2.05) is 6.07 Å². The average molecular weight is 394 g/mol. The van der Waals surface area contributed by atoms with E-state index in [1.54, 1.807) is 25.1 Å². The van der Waals surface area contributed by atoms with Gasteiger partial charge in [0.15, 0.2) is 11.5 Å². The first-order valence-electron chi connectivity index (χ1n) is 8.61. The number of halogens is 3. The highest BCUT2D eigenvalue weighted by molar-refractivity contribution is 6.04. The van der Waals surface area contributed by atoms with E-state index in [-0.39, 0.29) is 36.0 Å².